The van der Waals surface area contributed by atoms with E-state index >= 15 is 0 Å². The van der Waals surface area contributed by atoms with Crippen LogP contribution in [0.1, 0.15) is 33.6 Å². The fourth-order valence-electron chi connectivity index (χ4n) is 2.14. The summed E-state index contributed by atoms with van der Waals surface area (Å²) in [7, 11) is 0. The van der Waals surface area contributed by atoms with Gasteiger partial charge in [0.15, 0.2) is 0 Å². The molecule has 2 N–H and O–H groups in total. The zero-order valence-corrected chi connectivity index (χ0v) is 12.9. The van der Waals surface area contributed by atoms with E-state index in [1.54, 1.807) is 0 Å². The summed E-state index contributed by atoms with van der Waals surface area (Å²) in [6.45, 7) is 7.51. The van der Waals surface area contributed by atoms with E-state index in [0.717, 1.165) is 31.7 Å². The highest BCUT2D eigenvalue weighted by Gasteiger charge is 2.17. The third-order valence-electron chi connectivity index (χ3n) is 3.09. The van der Waals surface area contributed by atoms with Gasteiger partial charge in [-0.2, -0.15) is 0 Å². The lowest BCUT2D eigenvalue weighted by molar-refractivity contribution is 0.0636. The first-order valence-electron chi connectivity index (χ1n) is 7.40. The summed E-state index contributed by atoms with van der Waals surface area (Å²) in [5.41, 5.74) is 0.198. The van der Waals surface area contributed by atoms with Gasteiger partial charge in [0.1, 0.15) is 17.5 Å². The molecular formula is C16H24N2O3. The predicted octanol–water partition coefficient (Wildman–Crippen LogP) is 3.16. The van der Waals surface area contributed by atoms with Crippen molar-refractivity contribution in [3.05, 3.63) is 24.3 Å². The summed E-state index contributed by atoms with van der Waals surface area (Å²) < 4.78 is 11.1. The summed E-state index contributed by atoms with van der Waals surface area (Å²) in [6.07, 6.45) is 1.88. The Bertz CT molecular complexity index is 459. The van der Waals surface area contributed by atoms with Crippen molar-refractivity contribution in [2.24, 2.45) is 0 Å². The van der Waals surface area contributed by atoms with Crippen molar-refractivity contribution in [3.63, 3.8) is 0 Å². The van der Waals surface area contributed by atoms with E-state index in [1.165, 1.54) is 0 Å². The molecule has 5 heteroatoms. The summed E-state index contributed by atoms with van der Waals surface area (Å²) in [5.74, 6) is 0.830. The number of hydrogen-bond acceptors (Lipinski definition) is 4. The SMILES string of the molecule is CC(C)(C)OC(=O)Nc1ccc(OC2CCNCC2)cc1. The fourth-order valence-corrected chi connectivity index (χ4v) is 2.14. The number of carbonyl (C=O) groups is 1. The minimum atomic E-state index is -0.498. The van der Waals surface area contributed by atoms with Gasteiger partial charge in [0.2, 0.25) is 0 Å². The molecule has 116 valence electrons. The third-order valence-corrected chi connectivity index (χ3v) is 3.09. The van der Waals surface area contributed by atoms with Gasteiger partial charge in [-0.15, -0.1) is 0 Å². The van der Waals surface area contributed by atoms with Gasteiger partial charge < -0.3 is 14.8 Å². The number of benzene rings is 1. The molecule has 1 amide bonds. The molecule has 0 radical (unpaired) electrons. The average molecular weight is 292 g/mol. The highest BCUT2D eigenvalue weighted by molar-refractivity contribution is 5.84. The number of ether oxygens (including phenoxy) is 2. The molecule has 0 aromatic heterocycles. The molecule has 2 rings (SSSR count). The zero-order chi connectivity index (χ0) is 15.3. The van der Waals surface area contributed by atoms with Crippen LogP contribution in [0.5, 0.6) is 5.75 Å². The third kappa shape index (κ3) is 5.63. The maximum Gasteiger partial charge on any atom is 0.412 e. The van der Waals surface area contributed by atoms with Crippen LogP contribution in [-0.2, 0) is 4.74 Å². The van der Waals surface area contributed by atoms with Crippen LogP contribution in [0.4, 0.5) is 10.5 Å². The van der Waals surface area contributed by atoms with Gasteiger partial charge in [-0.3, -0.25) is 5.32 Å². The smallest absolute Gasteiger partial charge is 0.412 e. The first-order chi connectivity index (χ1) is 9.92. The molecule has 1 aromatic carbocycles. The van der Waals surface area contributed by atoms with Gasteiger partial charge >= 0.3 is 6.09 Å². The van der Waals surface area contributed by atoms with Crippen molar-refractivity contribution < 1.29 is 14.3 Å². The van der Waals surface area contributed by atoms with Crippen molar-refractivity contribution in [1.29, 1.82) is 0 Å². The number of carbonyl (C=O) groups excluding carboxylic acids is 1. The maximum atomic E-state index is 11.7. The summed E-state index contributed by atoms with van der Waals surface area (Å²) >= 11 is 0. The van der Waals surface area contributed by atoms with Crippen molar-refractivity contribution >= 4 is 11.8 Å². The van der Waals surface area contributed by atoms with E-state index in [0.29, 0.717) is 5.69 Å². The normalized spacial score (nSPS) is 16.3. The predicted molar refractivity (Wildman–Crippen MR) is 82.8 cm³/mol. The second kappa shape index (κ2) is 6.80. The molecule has 1 aliphatic rings. The van der Waals surface area contributed by atoms with Crippen LogP contribution in [0.15, 0.2) is 24.3 Å². The van der Waals surface area contributed by atoms with E-state index < -0.39 is 11.7 Å². The highest BCUT2D eigenvalue weighted by Crippen LogP contribution is 2.20. The average Bonchev–Trinajstić information content (AvgIpc) is 2.40. The molecule has 0 saturated carbocycles. The van der Waals surface area contributed by atoms with E-state index in [2.05, 4.69) is 10.6 Å². The lowest BCUT2D eigenvalue weighted by atomic mass is 10.1. The second-order valence-electron chi connectivity index (χ2n) is 6.22. The number of amides is 1. The zero-order valence-electron chi connectivity index (χ0n) is 12.9. The molecule has 0 spiro atoms. The molecule has 0 aliphatic carbocycles. The van der Waals surface area contributed by atoms with Gasteiger partial charge in [0.05, 0.1) is 0 Å². The van der Waals surface area contributed by atoms with E-state index in [-0.39, 0.29) is 6.10 Å². The Morgan fingerprint density at radius 1 is 1.19 bits per heavy atom. The molecule has 1 aliphatic heterocycles. The molecule has 21 heavy (non-hydrogen) atoms. The van der Waals surface area contributed by atoms with Crippen LogP contribution in [-0.4, -0.2) is 30.9 Å². The fraction of sp³-hybridized carbons (Fsp3) is 0.562. The standard InChI is InChI=1S/C16H24N2O3/c1-16(2,3)21-15(19)18-12-4-6-13(7-5-12)20-14-8-10-17-11-9-14/h4-7,14,17H,8-11H2,1-3H3,(H,18,19). The number of hydrogen-bond donors (Lipinski definition) is 2. The highest BCUT2D eigenvalue weighted by atomic mass is 16.6. The number of nitrogens with one attached hydrogen (secondary N) is 2. The minimum absolute atomic E-state index is 0.274. The molecule has 0 unspecified atom stereocenters. The van der Waals surface area contributed by atoms with Crippen LogP contribution < -0.4 is 15.4 Å². The monoisotopic (exact) mass is 292 g/mol. The molecule has 1 aromatic rings. The molecule has 0 atom stereocenters. The molecular weight excluding hydrogens is 268 g/mol. The summed E-state index contributed by atoms with van der Waals surface area (Å²) in [5, 5.41) is 6.01. The Morgan fingerprint density at radius 3 is 2.38 bits per heavy atom. The maximum absolute atomic E-state index is 11.7. The van der Waals surface area contributed by atoms with Crippen molar-refractivity contribution in [2.45, 2.75) is 45.3 Å². The minimum Gasteiger partial charge on any atom is -0.490 e. The van der Waals surface area contributed by atoms with E-state index in [1.807, 2.05) is 45.0 Å². The van der Waals surface area contributed by atoms with Crippen LogP contribution >= 0.6 is 0 Å². The van der Waals surface area contributed by atoms with Gasteiger partial charge in [-0.25, -0.2) is 4.79 Å². The summed E-state index contributed by atoms with van der Waals surface area (Å²) in [6, 6.07) is 7.38. The number of anilines is 1. The Balaban J connectivity index is 1.85. The molecule has 1 fully saturated rings. The largest absolute Gasteiger partial charge is 0.490 e. The van der Waals surface area contributed by atoms with Crippen LogP contribution in [0.25, 0.3) is 0 Å². The molecule has 0 bridgehead atoms. The number of rotatable bonds is 3. The second-order valence-corrected chi connectivity index (χ2v) is 6.22. The molecule has 1 saturated heterocycles. The Hall–Kier alpha value is -1.75. The van der Waals surface area contributed by atoms with Crippen LogP contribution in [0, 0.1) is 0 Å². The van der Waals surface area contributed by atoms with Crippen molar-refractivity contribution in [2.75, 3.05) is 18.4 Å². The van der Waals surface area contributed by atoms with Gasteiger partial charge in [-0.05, 0) is 71.0 Å². The summed E-state index contributed by atoms with van der Waals surface area (Å²) in [4.78, 5) is 11.7. The van der Waals surface area contributed by atoms with Crippen LogP contribution in [0.2, 0.25) is 0 Å². The lowest BCUT2D eigenvalue weighted by Gasteiger charge is -2.24. The first-order valence-corrected chi connectivity index (χ1v) is 7.40. The Kier molecular flexibility index (Phi) is 5.07. The van der Waals surface area contributed by atoms with Crippen LogP contribution in [0.3, 0.4) is 0 Å². The van der Waals surface area contributed by atoms with Gasteiger partial charge in [0.25, 0.3) is 0 Å². The Morgan fingerprint density at radius 2 is 1.81 bits per heavy atom. The molecule has 1 heterocycles. The van der Waals surface area contributed by atoms with Gasteiger partial charge in [0, 0.05) is 5.69 Å². The topological polar surface area (TPSA) is 59.6 Å². The first kappa shape index (κ1) is 15.6. The lowest BCUT2D eigenvalue weighted by Crippen LogP contribution is -2.34. The van der Waals surface area contributed by atoms with Crippen molar-refractivity contribution in [1.82, 2.24) is 5.32 Å². The quantitative estimate of drug-likeness (QED) is 0.898. The Labute approximate surface area is 126 Å². The van der Waals surface area contributed by atoms with E-state index in [4.69, 9.17) is 9.47 Å². The van der Waals surface area contributed by atoms with E-state index in [9.17, 15) is 4.79 Å². The van der Waals surface area contributed by atoms with Crippen molar-refractivity contribution in [3.8, 4) is 5.75 Å². The molecule has 5 nitrogen and oxygen atoms in total. The van der Waals surface area contributed by atoms with Gasteiger partial charge in [-0.1, -0.05) is 0 Å². The number of piperidine rings is 1.